The van der Waals surface area contributed by atoms with Crippen LogP contribution in [0.3, 0.4) is 0 Å². The number of aromatic nitrogens is 2. The molecule has 1 aliphatic heterocycles. The Balaban J connectivity index is 1.60. The van der Waals surface area contributed by atoms with Gasteiger partial charge in [0.25, 0.3) is 0 Å². The summed E-state index contributed by atoms with van der Waals surface area (Å²) in [5.41, 5.74) is 2.16. The van der Waals surface area contributed by atoms with E-state index >= 15 is 0 Å². The molecule has 2 amide bonds. The predicted octanol–water partition coefficient (Wildman–Crippen LogP) is 2.40. The van der Waals surface area contributed by atoms with Crippen LogP contribution in [0.2, 0.25) is 0 Å². The Morgan fingerprint density at radius 2 is 2.16 bits per heavy atom. The fourth-order valence-corrected chi connectivity index (χ4v) is 3.35. The SMILES string of the molecule is C[C@H](NC(=O)N1CC[C@H](C)[C@@H]1CO)c1cnn(Cc2ccccc2)c1. The van der Waals surface area contributed by atoms with Gasteiger partial charge in [-0.15, -0.1) is 0 Å². The molecule has 0 unspecified atom stereocenters. The Hall–Kier alpha value is -2.34. The van der Waals surface area contributed by atoms with Gasteiger partial charge in [-0.3, -0.25) is 4.68 Å². The molecule has 0 aliphatic carbocycles. The average molecular weight is 342 g/mol. The van der Waals surface area contributed by atoms with E-state index in [2.05, 4.69) is 29.5 Å². The zero-order chi connectivity index (χ0) is 17.8. The van der Waals surface area contributed by atoms with Crippen molar-refractivity contribution >= 4 is 6.03 Å². The highest BCUT2D eigenvalue weighted by Crippen LogP contribution is 2.24. The van der Waals surface area contributed by atoms with Crippen molar-refractivity contribution in [1.82, 2.24) is 20.0 Å². The zero-order valence-electron chi connectivity index (χ0n) is 14.8. The lowest BCUT2D eigenvalue weighted by molar-refractivity contribution is 0.142. The molecule has 1 fully saturated rings. The summed E-state index contributed by atoms with van der Waals surface area (Å²) < 4.78 is 1.88. The molecule has 0 bridgehead atoms. The number of hydrogen-bond acceptors (Lipinski definition) is 3. The van der Waals surface area contributed by atoms with E-state index in [1.54, 1.807) is 11.1 Å². The number of rotatable bonds is 5. The minimum Gasteiger partial charge on any atom is -0.394 e. The predicted molar refractivity (Wildman–Crippen MR) is 96.1 cm³/mol. The number of nitrogens with one attached hydrogen (secondary N) is 1. The first-order valence-electron chi connectivity index (χ1n) is 8.82. The number of amides is 2. The molecule has 3 rings (SSSR count). The second kappa shape index (κ2) is 7.70. The molecule has 134 valence electrons. The molecule has 2 heterocycles. The van der Waals surface area contributed by atoms with Gasteiger partial charge in [-0.05, 0) is 24.8 Å². The second-order valence-corrected chi connectivity index (χ2v) is 6.84. The maximum atomic E-state index is 12.5. The molecule has 1 aromatic carbocycles. The third kappa shape index (κ3) is 4.02. The molecular formula is C19H26N4O2. The third-order valence-electron chi connectivity index (χ3n) is 5.01. The Labute approximate surface area is 148 Å². The summed E-state index contributed by atoms with van der Waals surface area (Å²) in [5, 5.41) is 16.9. The summed E-state index contributed by atoms with van der Waals surface area (Å²) in [6.45, 7) is 5.44. The molecule has 3 atom stereocenters. The first kappa shape index (κ1) is 17.5. The van der Waals surface area contributed by atoms with Gasteiger partial charge in [0.2, 0.25) is 0 Å². The molecule has 0 saturated carbocycles. The van der Waals surface area contributed by atoms with E-state index in [0.29, 0.717) is 19.0 Å². The van der Waals surface area contributed by atoms with Crippen LogP contribution in [0.4, 0.5) is 4.79 Å². The number of aliphatic hydroxyl groups is 1. The third-order valence-corrected chi connectivity index (χ3v) is 5.01. The number of carbonyl (C=O) groups excluding carboxylic acids is 1. The molecule has 1 aromatic heterocycles. The largest absolute Gasteiger partial charge is 0.394 e. The Bertz CT molecular complexity index is 700. The summed E-state index contributed by atoms with van der Waals surface area (Å²) in [5.74, 6) is 0.333. The zero-order valence-corrected chi connectivity index (χ0v) is 14.8. The number of likely N-dealkylation sites (tertiary alicyclic amines) is 1. The van der Waals surface area contributed by atoms with Gasteiger partial charge < -0.3 is 15.3 Å². The molecule has 0 spiro atoms. The minimum atomic E-state index is -0.132. The van der Waals surface area contributed by atoms with Crippen molar-refractivity contribution in [2.45, 2.75) is 38.9 Å². The molecule has 25 heavy (non-hydrogen) atoms. The maximum absolute atomic E-state index is 12.5. The van der Waals surface area contributed by atoms with Crippen LogP contribution in [0, 0.1) is 5.92 Å². The number of hydrogen-bond donors (Lipinski definition) is 2. The summed E-state index contributed by atoms with van der Waals surface area (Å²) in [6, 6.07) is 9.81. The standard InChI is InChI=1S/C19H26N4O2/c1-14-8-9-23(18(14)13-24)19(25)21-15(2)17-10-20-22(12-17)11-16-6-4-3-5-7-16/h3-7,10,12,14-15,18,24H,8-9,11,13H2,1-2H3,(H,21,25)/t14-,15-,18-/m0/s1. The number of nitrogens with zero attached hydrogens (tertiary/aromatic N) is 3. The average Bonchev–Trinajstić information content (AvgIpc) is 3.22. The van der Waals surface area contributed by atoms with Crippen LogP contribution in [0.1, 0.15) is 37.4 Å². The molecule has 6 nitrogen and oxygen atoms in total. The van der Waals surface area contributed by atoms with E-state index in [1.807, 2.05) is 36.0 Å². The van der Waals surface area contributed by atoms with Gasteiger partial charge in [-0.25, -0.2) is 4.79 Å². The van der Waals surface area contributed by atoms with E-state index in [1.165, 1.54) is 5.56 Å². The first-order valence-corrected chi connectivity index (χ1v) is 8.82. The van der Waals surface area contributed by atoms with E-state index in [4.69, 9.17) is 0 Å². The first-order chi connectivity index (χ1) is 12.1. The minimum absolute atomic E-state index is 0.0119. The monoisotopic (exact) mass is 342 g/mol. The quantitative estimate of drug-likeness (QED) is 0.876. The van der Waals surface area contributed by atoms with Gasteiger partial charge in [0.15, 0.2) is 0 Å². The highest BCUT2D eigenvalue weighted by Gasteiger charge is 2.34. The molecule has 2 aromatic rings. The van der Waals surface area contributed by atoms with Crippen LogP contribution < -0.4 is 5.32 Å². The second-order valence-electron chi connectivity index (χ2n) is 6.84. The van der Waals surface area contributed by atoms with Gasteiger partial charge >= 0.3 is 6.03 Å². The summed E-state index contributed by atoms with van der Waals surface area (Å²) in [4.78, 5) is 14.3. The van der Waals surface area contributed by atoms with Crippen LogP contribution in [0.5, 0.6) is 0 Å². The van der Waals surface area contributed by atoms with Gasteiger partial charge in [0, 0.05) is 18.3 Å². The van der Waals surface area contributed by atoms with E-state index in [9.17, 15) is 9.90 Å². The lowest BCUT2D eigenvalue weighted by Gasteiger charge is -2.27. The molecule has 2 N–H and O–H groups in total. The van der Waals surface area contributed by atoms with Crippen molar-refractivity contribution in [2.75, 3.05) is 13.2 Å². The van der Waals surface area contributed by atoms with Gasteiger partial charge in [-0.1, -0.05) is 37.3 Å². The summed E-state index contributed by atoms with van der Waals surface area (Å²) in [6.07, 6.45) is 4.69. The van der Waals surface area contributed by atoms with E-state index in [-0.39, 0.29) is 24.7 Å². The maximum Gasteiger partial charge on any atom is 0.318 e. The summed E-state index contributed by atoms with van der Waals surface area (Å²) in [7, 11) is 0. The van der Waals surface area contributed by atoms with Crippen LogP contribution in [0.15, 0.2) is 42.7 Å². The van der Waals surface area contributed by atoms with Crippen molar-refractivity contribution in [3.05, 3.63) is 53.9 Å². The molecule has 1 aliphatic rings. The van der Waals surface area contributed by atoms with Crippen LogP contribution >= 0.6 is 0 Å². The molecule has 1 saturated heterocycles. The summed E-state index contributed by atoms with van der Waals surface area (Å²) >= 11 is 0. The molecular weight excluding hydrogens is 316 g/mol. The van der Waals surface area contributed by atoms with Crippen molar-refractivity contribution in [3.8, 4) is 0 Å². The highest BCUT2D eigenvalue weighted by atomic mass is 16.3. The Morgan fingerprint density at radius 1 is 1.40 bits per heavy atom. The van der Waals surface area contributed by atoms with Crippen molar-refractivity contribution < 1.29 is 9.90 Å². The number of aliphatic hydroxyl groups excluding tert-OH is 1. The number of carbonyl (C=O) groups is 1. The van der Waals surface area contributed by atoms with E-state index in [0.717, 1.165) is 12.0 Å². The highest BCUT2D eigenvalue weighted by molar-refractivity contribution is 5.75. The van der Waals surface area contributed by atoms with Crippen LogP contribution in [-0.4, -0.2) is 45.0 Å². The normalized spacial score (nSPS) is 21.3. The number of urea groups is 1. The van der Waals surface area contributed by atoms with Gasteiger partial charge in [0.05, 0.1) is 31.4 Å². The molecule has 6 heteroatoms. The lowest BCUT2D eigenvalue weighted by Crippen LogP contribution is -2.46. The fourth-order valence-electron chi connectivity index (χ4n) is 3.35. The van der Waals surface area contributed by atoms with Gasteiger partial charge in [0.1, 0.15) is 0 Å². The van der Waals surface area contributed by atoms with Crippen molar-refractivity contribution in [1.29, 1.82) is 0 Å². The fraction of sp³-hybridized carbons (Fsp3) is 0.474. The van der Waals surface area contributed by atoms with Crippen LogP contribution in [-0.2, 0) is 6.54 Å². The van der Waals surface area contributed by atoms with E-state index < -0.39 is 0 Å². The Morgan fingerprint density at radius 3 is 2.88 bits per heavy atom. The molecule has 0 radical (unpaired) electrons. The van der Waals surface area contributed by atoms with Crippen molar-refractivity contribution in [2.24, 2.45) is 5.92 Å². The Kier molecular flexibility index (Phi) is 5.38. The van der Waals surface area contributed by atoms with Crippen molar-refractivity contribution in [3.63, 3.8) is 0 Å². The van der Waals surface area contributed by atoms with Crippen LogP contribution in [0.25, 0.3) is 0 Å². The smallest absolute Gasteiger partial charge is 0.318 e. The number of benzene rings is 1. The topological polar surface area (TPSA) is 70.4 Å². The lowest BCUT2D eigenvalue weighted by atomic mass is 10.0. The van der Waals surface area contributed by atoms with Gasteiger partial charge in [-0.2, -0.15) is 5.10 Å².